The first-order valence-corrected chi connectivity index (χ1v) is 19.5. The molecule has 1 fully saturated rings. The molecule has 1 heterocycles. The Kier molecular flexibility index (Phi) is 8.68. The number of nitrogens with zero attached hydrogens (tertiary/aromatic N) is 2. The lowest BCUT2D eigenvalue weighted by Gasteiger charge is -2.63. The van der Waals surface area contributed by atoms with Crippen LogP contribution in [0.15, 0.2) is 0 Å². The summed E-state index contributed by atoms with van der Waals surface area (Å²) in [5.41, 5.74) is 0.221. The molecule has 0 aliphatic carbocycles. The first kappa shape index (κ1) is 30.4. The van der Waals surface area contributed by atoms with Gasteiger partial charge in [0.1, 0.15) is 16.5 Å². The molecule has 32 heavy (non-hydrogen) atoms. The molecule has 0 aromatic carbocycles. The van der Waals surface area contributed by atoms with Crippen LogP contribution in [0.5, 0.6) is 0 Å². The van der Waals surface area contributed by atoms with Gasteiger partial charge in [-0.05, 0) is 21.7 Å². The quantitative estimate of drug-likeness (QED) is 0.374. The Bertz CT molecular complexity index is 543. The largest absolute Gasteiger partial charge is 0.448 e. The summed E-state index contributed by atoms with van der Waals surface area (Å²) in [7, 11) is -3.48. The zero-order valence-electron chi connectivity index (χ0n) is 25.0. The lowest BCUT2D eigenvalue weighted by Crippen LogP contribution is -2.90. The molecule has 0 aromatic rings. The van der Waals surface area contributed by atoms with Crippen molar-refractivity contribution in [3.8, 4) is 0 Å². The van der Waals surface area contributed by atoms with Gasteiger partial charge in [-0.2, -0.15) is 0 Å². The Balaban J connectivity index is 3.50. The van der Waals surface area contributed by atoms with Crippen LogP contribution in [0.4, 0.5) is 0 Å². The van der Waals surface area contributed by atoms with E-state index in [1.54, 1.807) is 0 Å². The minimum absolute atomic E-state index is 0.0117. The maximum absolute atomic E-state index is 7.12. The van der Waals surface area contributed by atoms with Crippen molar-refractivity contribution in [1.82, 2.24) is 8.78 Å². The monoisotopic (exact) mass is 482 g/mol. The van der Waals surface area contributed by atoms with Crippen LogP contribution in [0.3, 0.4) is 0 Å². The van der Waals surface area contributed by atoms with E-state index in [2.05, 4.69) is 131 Å². The smallest absolute Gasteiger partial charge is 0.406 e. The zero-order chi connectivity index (χ0) is 25.9. The molecule has 0 unspecified atom stereocenters. The minimum atomic E-state index is -1.73. The highest BCUT2D eigenvalue weighted by molar-refractivity contribution is 7.06. The standard InChI is InChI=1S/C24H56B2N2O2Si2/c1-21(2,3)19(22(4,5)6)29-25-27(31(13,14)15)26(28(25)32(16,17)18)30-20(23(7,8)9)24(10,11)12/h19-20H,1-18H3. The fourth-order valence-corrected chi connectivity index (χ4v) is 9.28. The van der Waals surface area contributed by atoms with Crippen LogP contribution in [0, 0.1) is 21.7 Å². The van der Waals surface area contributed by atoms with Gasteiger partial charge in [-0.25, -0.2) is 0 Å². The van der Waals surface area contributed by atoms with Crippen LogP contribution in [-0.2, 0) is 9.31 Å². The van der Waals surface area contributed by atoms with Gasteiger partial charge in [-0.1, -0.05) is 122 Å². The predicted octanol–water partition coefficient (Wildman–Crippen LogP) is 7.20. The maximum atomic E-state index is 7.12. The van der Waals surface area contributed by atoms with E-state index in [-0.39, 0.29) is 48.2 Å². The second-order valence-corrected chi connectivity index (χ2v) is 26.0. The number of hydrogen-bond donors (Lipinski definition) is 0. The number of rotatable bonds is 6. The van der Waals surface area contributed by atoms with Crippen molar-refractivity contribution in [3.05, 3.63) is 0 Å². The van der Waals surface area contributed by atoms with Crippen LogP contribution >= 0.6 is 0 Å². The normalized spacial score (nSPS) is 18.8. The van der Waals surface area contributed by atoms with Gasteiger partial charge in [-0.15, -0.1) is 0 Å². The highest BCUT2D eigenvalue weighted by Gasteiger charge is 2.66. The highest BCUT2D eigenvalue weighted by Crippen LogP contribution is 2.44. The molecule has 8 heteroatoms. The van der Waals surface area contributed by atoms with Crippen molar-refractivity contribution in [2.45, 2.75) is 135 Å². The van der Waals surface area contributed by atoms with Crippen LogP contribution in [0.25, 0.3) is 0 Å². The van der Waals surface area contributed by atoms with Crippen LogP contribution < -0.4 is 0 Å². The summed E-state index contributed by atoms with van der Waals surface area (Å²) in [5.74, 6) is 0. The van der Waals surface area contributed by atoms with E-state index < -0.39 is 16.5 Å². The topological polar surface area (TPSA) is 24.9 Å². The van der Waals surface area contributed by atoms with Crippen LogP contribution in [-0.4, -0.2) is 51.8 Å². The molecule has 1 aliphatic rings. The summed E-state index contributed by atoms with van der Waals surface area (Å²) >= 11 is 0. The van der Waals surface area contributed by atoms with E-state index in [0.717, 1.165) is 0 Å². The Hall–Kier alpha value is 0.404. The third kappa shape index (κ3) is 7.20. The Morgan fingerprint density at radius 2 is 0.656 bits per heavy atom. The summed E-state index contributed by atoms with van der Waals surface area (Å²) in [5, 5.41) is 0. The molecule has 0 atom stereocenters. The summed E-state index contributed by atoms with van der Waals surface area (Å²) in [6, 6.07) is 0. The van der Waals surface area contributed by atoms with Gasteiger partial charge >= 0.3 is 14.4 Å². The third-order valence-corrected chi connectivity index (χ3v) is 10.1. The van der Waals surface area contributed by atoms with Gasteiger partial charge in [0.25, 0.3) is 0 Å². The summed E-state index contributed by atoms with van der Waals surface area (Å²) in [6.45, 7) is 42.2. The van der Waals surface area contributed by atoms with Gasteiger partial charge in [0, 0.05) is 0 Å². The molecule has 0 spiro atoms. The van der Waals surface area contributed by atoms with Crippen molar-refractivity contribution < 1.29 is 9.31 Å². The van der Waals surface area contributed by atoms with Crippen molar-refractivity contribution in [3.63, 3.8) is 0 Å². The Morgan fingerprint density at radius 3 is 0.781 bits per heavy atom. The van der Waals surface area contributed by atoms with Gasteiger partial charge in [-0.3, -0.25) is 0 Å². The van der Waals surface area contributed by atoms with Gasteiger partial charge < -0.3 is 18.1 Å². The molecule has 0 bridgehead atoms. The fraction of sp³-hybridized carbons (Fsp3) is 1.00. The lowest BCUT2D eigenvalue weighted by molar-refractivity contribution is -0.0344. The molecule has 0 N–H and O–H groups in total. The average Bonchev–Trinajstić information content (AvgIpc) is 2.35. The molecule has 0 amide bonds. The van der Waals surface area contributed by atoms with Crippen molar-refractivity contribution in [1.29, 1.82) is 0 Å². The van der Waals surface area contributed by atoms with E-state index in [0.29, 0.717) is 0 Å². The fourth-order valence-electron chi connectivity index (χ4n) is 5.66. The van der Waals surface area contributed by atoms with E-state index in [1.807, 2.05) is 0 Å². The second kappa shape index (κ2) is 9.12. The van der Waals surface area contributed by atoms with Crippen molar-refractivity contribution in [2.24, 2.45) is 21.7 Å². The summed E-state index contributed by atoms with van der Waals surface area (Å²) < 4.78 is 19.5. The van der Waals surface area contributed by atoms with Crippen LogP contribution in [0.2, 0.25) is 39.3 Å². The van der Waals surface area contributed by atoms with Gasteiger partial charge in [0.15, 0.2) is 0 Å². The van der Waals surface area contributed by atoms with Gasteiger partial charge in [0.05, 0.1) is 12.2 Å². The molecule has 1 rings (SSSR count). The molecule has 0 radical (unpaired) electrons. The molecule has 188 valence electrons. The molecule has 0 aromatic heterocycles. The molecule has 4 nitrogen and oxygen atoms in total. The zero-order valence-corrected chi connectivity index (χ0v) is 27.0. The highest BCUT2D eigenvalue weighted by atomic mass is 28.3. The first-order valence-electron chi connectivity index (χ1n) is 12.6. The molecule has 1 saturated heterocycles. The summed E-state index contributed by atoms with van der Waals surface area (Å²) in [6.07, 6.45) is 0.277. The Labute approximate surface area is 205 Å². The summed E-state index contributed by atoms with van der Waals surface area (Å²) in [4.78, 5) is 0. The second-order valence-electron chi connectivity index (χ2n) is 16.3. The number of hydrogen-bond acceptors (Lipinski definition) is 4. The predicted molar refractivity (Wildman–Crippen MR) is 149 cm³/mol. The van der Waals surface area contributed by atoms with Gasteiger partial charge in [0.2, 0.25) is 0 Å². The van der Waals surface area contributed by atoms with Crippen molar-refractivity contribution in [2.75, 3.05) is 0 Å². The molecular formula is C24H56B2N2O2Si2. The Morgan fingerprint density at radius 1 is 0.469 bits per heavy atom. The minimum Gasteiger partial charge on any atom is -0.406 e. The molecule has 1 aliphatic heterocycles. The SMILES string of the molecule is CC(C)(C)C(OB1N([Si](C)(C)C)B(OC(C(C)(C)C)C(C)(C)C)N1[Si](C)(C)C)C(C)(C)C. The van der Waals surface area contributed by atoms with Crippen molar-refractivity contribution >= 4 is 30.8 Å². The molecular weight excluding hydrogens is 426 g/mol. The van der Waals surface area contributed by atoms with E-state index in [1.165, 1.54) is 0 Å². The first-order chi connectivity index (χ1) is 13.7. The van der Waals surface area contributed by atoms with E-state index >= 15 is 0 Å². The van der Waals surface area contributed by atoms with E-state index in [9.17, 15) is 0 Å². The average molecular weight is 483 g/mol. The maximum Gasteiger partial charge on any atom is 0.448 e. The third-order valence-electron chi connectivity index (χ3n) is 6.16. The van der Waals surface area contributed by atoms with Crippen LogP contribution in [0.1, 0.15) is 83.1 Å². The van der Waals surface area contributed by atoms with E-state index in [4.69, 9.17) is 9.31 Å². The molecule has 0 saturated carbocycles. The lowest BCUT2D eigenvalue weighted by atomic mass is 9.66.